The van der Waals surface area contributed by atoms with E-state index in [-0.39, 0.29) is 53.8 Å². The van der Waals surface area contributed by atoms with Gasteiger partial charge >= 0.3 is 268 Å². The minimum atomic E-state index is -4.10. The van der Waals surface area contributed by atoms with Gasteiger partial charge in [0.1, 0.15) is 0 Å². The SMILES string of the molecule is C/C=C/C=C/c1cccc2c1N(CCCS(=O)(=O)O)/C(=C/c1[se]c3cccc(/C=C/C=C/C)c3[n+]1CCCS(=O)(=O)O)[Se]2.CCN(CC)CC. The summed E-state index contributed by atoms with van der Waals surface area (Å²) in [6, 6.07) is 12.4. The van der Waals surface area contributed by atoms with E-state index in [1.54, 1.807) is 0 Å². The summed E-state index contributed by atoms with van der Waals surface area (Å²) < 4.78 is 71.7. The standard InChI is InChI=1S/C31H34N2O6S2Se2.C6H15N/c1-3-5-7-13-24-15-9-17-26-30(24)32(19-11-21-40(34,35)36)28(42-26)23-29-33(20-12-22-41(37,38)39)31-25(14-8-6-4-2)16-10-18-27(31)43-29;1-4-7(5-2)6-3/h3-10,13-18,23H,11-12,19-22H2,1-2H3,(H-,34,35,36,37,38,39);4-6H2,1-3H3/p+1/b5-3+,6-4+,13-7+,14-8+;. The minimum Gasteiger partial charge on any atom is -0.304 e. The zero-order valence-corrected chi connectivity index (χ0v) is 34.6. The fourth-order valence-corrected chi connectivity index (χ4v) is 11.7. The van der Waals surface area contributed by atoms with Gasteiger partial charge in [0.2, 0.25) is 0 Å². The molecule has 0 unspecified atom stereocenters. The van der Waals surface area contributed by atoms with E-state index in [0.29, 0.717) is 13.1 Å². The van der Waals surface area contributed by atoms with E-state index in [2.05, 4.69) is 53.3 Å². The summed E-state index contributed by atoms with van der Waals surface area (Å²) >= 11 is -0.130. The van der Waals surface area contributed by atoms with Gasteiger partial charge in [0, 0.05) is 0 Å². The van der Waals surface area contributed by atoms with E-state index in [1.807, 2.05) is 86.7 Å². The van der Waals surface area contributed by atoms with Crippen LogP contribution in [0.15, 0.2) is 77.4 Å². The molecule has 272 valence electrons. The van der Waals surface area contributed by atoms with Crippen molar-refractivity contribution in [2.45, 2.75) is 54.0 Å². The molecule has 0 saturated carbocycles. The Kier molecular flexibility index (Phi) is 17.1. The molecule has 0 radical (unpaired) electrons. The second-order valence-electron chi connectivity index (χ2n) is 11.4. The molecule has 0 fully saturated rings. The number of fused-ring (bicyclic) bond motifs is 2. The molecule has 0 amide bonds. The van der Waals surface area contributed by atoms with Gasteiger partial charge in [-0.15, -0.1) is 0 Å². The molecule has 1 aliphatic heterocycles. The third kappa shape index (κ3) is 12.9. The summed E-state index contributed by atoms with van der Waals surface area (Å²) in [6.45, 7) is 14.9. The van der Waals surface area contributed by atoms with Crippen molar-refractivity contribution in [2.24, 2.45) is 0 Å². The quantitative estimate of drug-likeness (QED) is 0.0851. The molecule has 4 rings (SSSR count). The van der Waals surface area contributed by atoms with E-state index in [0.717, 1.165) is 31.5 Å². The van der Waals surface area contributed by atoms with Gasteiger partial charge in [-0.2, -0.15) is 0 Å². The summed E-state index contributed by atoms with van der Waals surface area (Å²) in [7, 11) is -8.20. The van der Waals surface area contributed by atoms with Crippen molar-refractivity contribution in [3.63, 3.8) is 0 Å². The molecule has 0 saturated heterocycles. The average Bonchev–Trinajstić information content (AvgIpc) is 3.59. The Morgan fingerprint density at radius 1 is 0.800 bits per heavy atom. The number of aryl methyl sites for hydroxylation is 1. The molecule has 3 aromatic rings. The van der Waals surface area contributed by atoms with E-state index >= 15 is 0 Å². The Bertz CT molecular complexity index is 1940. The number of aromatic nitrogens is 1. The molecule has 2 heterocycles. The van der Waals surface area contributed by atoms with Crippen molar-refractivity contribution in [2.75, 3.05) is 42.6 Å². The summed E-state index contributed by atoms with van der Waals surface area (Å²) in [5.41, 5.74) is 4.14. The molecular weight excluding hydrogens is 804 g/mol. The van der Waals surface area contributed by atoms with Crippen molar-refractivity contribution < 1.29 is 30.5 Å². The van der Waals surface area contributed by atoms with Gasteiger partial charge in [0.15, 0.2) is 0 Å². The van der Waals surface area contributed by atoms with Crippen LogP contribution in [0.1, 0.15) is 63.2 Å². The summed E-state index contributed by atoms with van der Waals surface area (Å²) in [5.74, 6) is -0.656. The topological polar surface area (TPSA) is 119 Å². The third-order valence-corrected chi connectivity index (χ3v) is 14.1. The summed E-state index contributed by atoms with van der Waals surface area (Å²) in [5, 5.41) is 0. The predicted octanol–water partition coefficient (Wildman–Crippen LogP) is 5.41. The third-order valence-electron chi connectivity index (χ3n) is 7.88. The number of hydrogen-bond acceptors (Lipinski definition) is 6. The molecule has 0 spiro atoms. The normalized spacial score (nSPS) is 14.7. The maximum absolute atomic E-state index is 11.5. The Morgan fingerprint density at radius 2 is 1.38 bits per heavy atom. The molecule has 2 aromatic carbocycles. The summed E-state index contributed by atoms with van der Waals surface area (Å²) in [4.78, 5) is 4.55. The van der Waals surface area contributed by atoms with Gasteiger partial charge in [-0.05, 0) is 19.6 Å². The number of nitrogens with zero attached hydrogens (tertiary/aromatic N) is 3. The van der Waals surface area contributed by atoms with Gasteiger partial charge in [-0.1, -0.05) is 20.8 Å². The zero-order valence-electron chi connectivity index (χ0n) is 29.5. The fourth-order valence-electron chi connectivity index (χ4n) is 5.43. The molecule has 0 atom stereocenters. The van der Waals surface area contributed by atoms with Crippen molar-refractivity contribution in [3.05, 3.63) is 93.1 Å². The Morgan fingerprint density at radius 3 is 1.96 bits per heavy atom. The van der Waals surface area contributed by atoms with Crippen LogP contribution in [-0.2, 0) is 26.8 Å². The first-order valence-corrected chi connectivity index (χ1v) is 23.5. The Labute approximate surface area is 311 Å². The van der Waals surface area contributed by atoms with Gasteiger partial charge in [-0.25, -0.2) is 0 Å². The number of hydrogen-bond donors (Lipinski definition) is 2. The van der Waals surface area contributed by atoms with Gasteiger partial charge in [-0.3, -0.25) is 0 Å². The zero-order chi connectivity index (χ0) is 36.7. The van der Waals surface area contributed by atoms with Crippen LogP contribution in [0.3, 0.4) is 0 Å². The number of allylic oxidation sites excluding steroid dienone is 6. The van der Waals surface area contributed by atoms with E-state index in [9.17, 15) is 25.9 Å². The number of benzene rings is 2. The molecule has 0 aliphatic carbocycles. The van der Waals surface area contributed by atoms with E-state index < -0.39 is 20.2 Å². The second-order valence-corrected chi connectivity index (χ2v) is 19.0. The first-order chi connectivity index (χ1) is 23.8. The molecule has 1 aliphatic rings. The number of para-hydroxylation sites is 2. The maximum atomic E-state index is 11.5. The van der Waals surface area contributed by atoms with Crippen LogP contribution >= 0.6 is 0 Å². The minimum absolute atomic E-state index is 0.0650. The predicted molar refractivity (Wildman–Crippen MR) is 211 cm³/mol. The largest absolute Gasteiger partial charge is 0.304 e. The van der Waals surface area contributed by atoms with Crippen molar-refractivity contribution in [1.82, 2.24) is 4.90 Å². The Hall–Kier alpha value is -2.57. The van der Waals surface area contributed by atoms with Crippen LogP contribution in [0.2, 0.25) is 0 Å². The van der Waals surface area contributed by atoms with Crippen LogP contribution in [0.5, 0.6) is 0 Å². The molecule has 13 heteroatoms. The van der Waals surface area contributed by atoms with Gasteiger partial charge < -0.3 is 4.90 Å². The van der Waals surface area contributed by atoms with Crippen molar-refractivity contribution >= 4 is 87.9 Å². The van der Waals surface area contributed by atoms with Crippen LogP contribution in [0.4, 0.5) is 5.69 Å². The summed E-state index contributed by atoms with van der Waals surface area (Å²) in [6.07, 6.45) is 18.6. The molecule has 50 heavy (non-hydrogen) atoms. The van der Waals surface area contributed by atoms with E-state index in [4.69, 9.17) is 0 Å². The van der Waals surface area contributed by atoms with Gasteiger partial charge in [0.05, 0.1) is 0 Å². The first kappa shape index (κ1) is 41.8. The molecule has 2 N–H and O–H groups in total. The van der Waals surface area contributed by atoms with Crippen molar-refractivity contribution in [3.8, 4) is 0 Å². The maximum Gasteiger partial charge on any atom is -0.00474 e. The monoisotopic (exact) mass is 856 g/mol. The second kappa shape index (κ2) is 20.5. The number of anilines is 1. The first-order valence-electron chi connectivity index (χ1n) is 16.8. The van der Waals surface area contributed by atoms with Crippen LogP contribution < -0.4 is 13.9 Å². The average molecular weight is 855 g/mol. The molecule has 9 nitrogen and oxygen atoms in total. The van der Waals surface area contributed by atoms with E-state index in [1.165, 1.54) is 28.4 Å². The Balaban J connectivity index is 0.000000872. The van der Waals surface area contributed by atoms with Gasteiger partial charge in [0.25, 0.3) is 0 Å². The molecule has 0 bridgehead atoms. The van der Waals surface area contributed by atoms with Crippen LogP contribution in [-0.4, -0.2) is 98.0 Å². The van der Waals surface area contributed by atoms with Crippen LogP contribution in [0.25, 0.3) is 28.0 Å². The smallest absolute Gasteiger partial charge is 0.00474 e. The fraction of sp³-hybridized carbons (Fsp3) is 0.378. The number of rotatable bonds is 16. The van der Waals surface area contributed by atoms with Crippen LogP contribution in [0, 0.1) is 0 Å². The van der Waals surface area contributed by atoms with Crippen molar-refractivity contribution in [1.29, 1.82) is 0 Å². The molecular formula is C37H50N3O6S2Se2+. The molecule has 1 aromatic heterocycles.